The van der Waals surface area contributed by atoms with E-state index in [1.807, 2.05) is 0 Å². The molecule has 1 aliphatic carbocycles. The molecule has 0 aromatic heterocycles. The van der Waals surface area contributed by atoms with Gasteiger partial charge in [-0.2, -0.15) is 0 Å². The maximum atomic E-state index is 11.9. The first-order valence-electron chi connectivity index (χ1n) is 7.36. The van der Waals surface area contributed by atoms with Gasteiger partial charge in [-0.05, 0) is 37.0 Å². The summed E-state index contributed by atoms with van der Waals surface area (Å²) in [5, 5.41) is 4.17. The summed E-state index contributed by atoms with van der Waals surface area (Å²) in [4.78, 5) is 11.9. The molecule has 0 saturated heterocycles. The van der Waals surface area contributed by atoms with Crippen LogP contribution >= 0.6 is 15.9 Å². The van der Waals surface area contributed by atoms with Crippen molar-refractivity contribution >= 4 is 21.8 Å². The summed E-state index contributed by atoms with van der Waals surface area (Å²) in [5.74, 6) is 0.901. The Morgan fingerprint density at radius 3 is 2.56 bits per heavy atom. The van der Waals surface area contributed by atoms with Crippen molar-refractivity contribution in [2.45, 2.75) is 65.2 Å². The molecule has 3 heteroatoms. The molecule has 2 nitrogen and oxygen atoms in total. The summed E-state index contributed by atoms with van der Waals surface area (Å²) < 4.78 is 0. The Morgan fingerprint density at radius 1 is 1.28 bits per heavy atom. The molecule has 0 aromatic rings. The van der Waals surface area contributed by atoms with Gasteiger partial charge in [0.1, 0.15) is 0 Å². The van der Waals surface area contributed by atoms with Crippen LogP contribution in [0.25, 0.3) is 0 Å². The van der Waals surface area contributed by atoms with Crippen LogP contribution in [0.3, 0.4) is 0 Å². The van der Waals surface area contributed by atoms with Crippen molar-refractivity contribution in [1.29, 1.82) is 0 Å². The van der Waals surface area contributed by atoms with Crippen LogP contribution in [-0.4, -0.2) is 17.8 Å². The second-order valence-corrected chi connectivity index (χ2v) is 7.23. The van der Waals surface area contributed by atoms with E-state index in [4.69, 9.17) is 0 Å². The minimum atomic E-state index is 0.218. The van der Waals surface area contributed by atoms with E-state index in [0.29, 0.717) is 5.92 Å². The number of rotatable bonds is 7. The molecule has 0 atom stereocenters. The van der Waals surface area contributed by atoms with E-state index >= 15 is 0 Å². The Kier molecular flexibility index (Phi) is 7.28. The van der Waals surface area contributed by atoms with Crippen molar-refractivity contribution in [2.75, 3.05) is 11.9 Å². The lowest BCUT2D eigenvalue weighted by Crippen LogP contribution is -2.35. The third kappa shape index (κ3) is 6.77. The fourth-order valence-corrected chi connectivity index (χ4v) is 2.98. The van der Waals surface area contributed by atoms with Gasteiger partial charge in [0.2, 0.25) is 5.91 Å². The molecule has 0 bridgehead atoms. The summed E-state index contributed by atoms with van der Waals surface area (Å²) in [6.45, 7) is 5.28. The zero-order valence-corrected chi connectivity index (χ0v) is 13.5. The van der Waals surface area contributed by atoms with Crippen molar-refractivity contribution in [3.8, 4) is 0 Å². The zero-order valence-electron chi connectivity index (χ0n) is 11.9. The third-order valence-corrected chi connectivity index (χ3v) is 4.51. The lowest BCUT2D eigenvalue weighted by molar-refractivity contribution is -0.122. The Labute approximate surface area is 120 Å². The predicted octanol–water partition coefficient (Wildman–Crippen LogP) is 4.27. The Bertz CT molecular complexity index is 247. The molecular formula is C15H28BrNO. The minimum Gasteiger partial charge on any atom is -0.356 e. The number of nitrogens with one attached hydrogen (secondary N) is 1. The van der Waals surface area contributed by atoms with Crippen LogP contribution < -0.4 is 5.32 Å². The molecule has 0 spiro atoms. The molecule has 0 aromatic carbocycles. The predicted molar refractivity (Wildman–Crippen MR) is 81.0 cm³/mol. The normalized spacial score (nSPS) is 17.7. The van der Waals surface area contributed by atoms with Gasteiger partial charge in [0.15, 0.2) is 0 Å². The van der Waals surface area contributed by atoms with Crippen LogP contribution in [0.2, 0.25) is 0 Å². The largest absolute Gasteiger partial charge is 0.356 e. The van der Waals surface area contributed by atoms with Crippen molar-refractivity contribution < 1.29 is 4.79 Å². The molecule has 0 unspecified atom stereocenters. The lowest BCUT2D eigenvalue weighted by atomic mass is 9.86. The smallest absolute Gasteiger partial charge is 0.220 e. The molecule has 1 saturated carbocycles. The first kappa shape index (κ1) is 16.0. The SMILES string of the molecule is CC(C)(CCCBr)CNC(=O)CC1CCCCC1. The number of carbonyl (C=O) groups excluding carboxylic acids is 1. The van der Waals surface area contributed by atoms with Crippen LogP contribution in [0.15, 0.2) is 0 Å². The van der Waals surface area contributed by atoms with Gasteiger partial charge < -0.3 is 5.32 Å². The maximum absolute atomic E-state index is 11.9. The van der Waals surface area contributed by atoms with Crippen LogP contribution in [0.4, 0.5) is 0 Å². The summed E-state index contributed by atoms with van der Waals surface area (Å²) >= 11 is 3.46. The van der Waals surface area contributed by atoms with Gasteiger partial charge in [-0.15, -0.1) is 0 Å². The van der Waals surface area contributed by atoms with Crippen LogP contribution in [0, 0.1) is 11.3 Å². The lowest BCUT2D eigenvalue weighted by Gasteiger charge is -2.26. The van der Waals surface area contributed by atoms with Gasteiger partial charge in [-0.1, -0.05) is 49.0 Å². The molecule has 1 N–H and O–H groups in total. The number of alkyl halides is 1. The van der Waals surface area contributed by atoms with Crippen molar-refractivity contribution in [2.24, 2.45) is 11.3 Å². The summed E-state index contributed by atoms with van der Waals surface area (Å²) in [6, 6.07) is 0. The minimum absolute atomic E-state index is 0.218. The fraction of sp³-hybridized carbons (Fsp3) is 0.933. The van der Waals surface area contributed by atoms with Gasteiger partial charge >= 0.3 is 0 Å². The molecule has 106 valence electrons. The number of halogens is 1. The second-order valence-electron chi connectivity index (χ2n) is 6.44. The Balaban J connectivity index is 2.19. The van der Waals surface area contributed by atoms with Crippen LogP contribution in [0.5, 0.6) is 0 Å². The van der Waals surface area contributed by atoms with E-state index < -0.39 is 0 Å². The fourth-order valence-electron chi connectivity index (χ4n) is 2.70. The molecular weight excluding hydrogens is 290 g/mol. The van der Waals surface area contributed by atoms with Crippen LogP contribution in [0.1, 0.15) is 65.2 Å². The monoisotopic (exact) mass is 317 g/mol. The van der Waals surface area contributed by atoms with E-state index in [-0.39, 0.29) is 11.3 Å². The van der Waals surface area contributed by atoms with Crippen molar-refractivity contribution in [3.05, 3.63) is 0 Å². The highest BCUT2D eigenvalue weighted by Gasteiger charge is 2.20. The van der Waals surface area contributed by atoms with E-state index in [1.54, 1.807) is 0 Å². The van der Waals surface area contributed by atoms with Gasteiger partial charge in [-0.25, -0.2) is 0 Å². The standard InChI is InChI=1S/C15H28BrNO/c1-15(2,9-6-10-16)12-17-14(18)11-13-7-4-3-5-8-13/h13H,3-12H2,1-2H3,(H,17,18). The van der Waals surface area contributed by atoms with Gasteiger partial charge in [0, 0.05) is 18.3 Å². The first-order valence-corrected chi connectivity index (χ1v) is 8.48. The molecule has 1 rings (SSSR count). The van der Waals surface area contributed by atoms with Crippen LogP contribution in [-0.2, 0) is 4.79 Å². The van der Waals surface area contributed by atoms with E-state index in [1.165, 1.54) is 38.5 Å². The third-order valence-electron chi connectivity index (χ3n) is 3.95. The van der Waals surface area contributed by atoms with E-state index in [2.05, 4.69) is 35.1 Å². The highest BCUT2D eigenvalue weighted by molar-refractivity contribution is 9.09. The van der Waals surface area contributed by atoms with Crippen molar-refractivity contribution in [3.63, 3.8) is 0 Å². The molecule has 0 aliphatic heterocycles. The quantitative estimate of drug-likeness (QED) is 0.698. The molecule has 0 heterocycles. The van der Waals surface area contributed by atoms with Crippen molar-refractivity contribution in [1.82, 2.24) is 5.32 Å². The van der Waals surface area contributed by atoms with Gasteiger partial charge in [0.05, 0.1) is 0 Å². The molecule has 0 radical (unpaired) electrons. The Hall–Kier alpha value is -0.0500. The average Bonchev–Trinajstić information content (AvgIpc) is 2.36. The molecule has 18 heavy (non-hydrogen) atoms. The average molecular weight is 318 g/mol. The highest BCUT2D eigenvalue weighted by Crippen LogP contribution is 2.26. The van der Waals surface area contributed by atoms with Gasteiger partial charge in [-0.3, -0.25) is 4.79 Å². The molecule has 1 aliphatic rings. The number of amides is 1. The first-order chi connectivity index (χ1) is 8.53. The van der Waals surface area contributed by atoms with E-state index in [9.17, 15) is 4.79 Å². The Morgan fingerprint density at radius 2 is 1.94 bits per heavy atom. The topological polar surface area (TPSA) is 29.1 Å². The highest BCUT2D eigenvalue weighted by atomic mass is 79.9. The summed E-state index contributed by atoms with van der Waals surface area (Å²) in [5.41, 5.74) is 0.218. The second kappa shape index (κ2) is 8.19. The number of hydrogen-bond donors (Lipinski definition) is 1. The number of hydrogen-bond acceptors (Lipinski definition) is 1. The van der Waals surface area contributed by atoms with E-state index in [0.717, 1.165) is 24.7 Å². The summed E-state index contributed by atoms with van der Waals surface area (Å²) in [7, 11) is 0. The maximum Gasteiger partial charge on any atom is 0.220 e. The zero-order chi connectivity index (χ0) is 13.4. The molecule has 1 fully saturated rings. The van der Waals surface area contributed by atoms with Gasteiger partial charge in [0.25, 0.3) is 0 Å². The molecule has 1 amide bonds. The summed E-state index contributed by atoms with van der Waals surface area (Å²) in [6.07, 6.45) is 9.56. The number of carbonyl (C=O) groups is 1.